The fourth-order valence-corrected chi connectivity index (χ4v) is 5.34. The van der Waals surface area contributed by atoms with E-state index in [9.17, 15) is 18.3 Å². The second kappa shape index (κ2) is 9.34. The molecule has 0 bridgehead atoms. The van der Waals surface area contributed by atoms with Crippen molar-refractivity contribution in [2.75, 3.05) is 13.7 Å². The molecular weight excluding hydrogens is 498 g/mol. The number of carbonyl (C=O) groups is 1. The summed E-state index contributed by atoms with van der Waals surface area (Å²) in [6.07, 6.45) is 2.33. The highest BCUT2D eigenvalue weighted by Gasteiger charge is 2.39. The second-order valence-electron chi connectivity index (χ2n) is 6.52. The van der Waals surface area contributed by atoms with Crippen molar-refractivity contribution < 1.29 is 23.1 Å². The molecule has 2 N–H and O–H groups in total. The molecule has 1 aliphatic heterocycles. The summed E-state index contributed by atoms with van der Waals surface area (Å²) in [5.41, 5.74) is 2.96. The Morgan fingerprint density at radius 1 is 1.37 bits per heavy atom. The predicted molar refractivity (Wildman–Crippen MR) is 116 cm³/mol. The molecule has 11 heteroatoms. The fraction of sp³-hybridized carbons (Fsp3) is 0.263. The number of carbonyl (C=O) groups excluding carboxylic acids is 1. The van der Waals surface area contributed by atoms with E-state index in [4.69, 9.17) is 16.3 Å². The molecular formula is C19H19BrClN3O5S. The van der Waals surface area contributed by atoms with E-state index in [1.54, 1.807) is 12.1 Å². The zero-order valence-corrected chi connectivity index (χ0v) is 19.0. The molecule has 160 valence electrons. The van der Waals surface area contributed by atoms with Gasteiger partial charge < -0.3 is 9.84 Å². The van der Waals surface area contributed by atoms with Gasteiger partial charge in [0.25, 0.3) is 5.91 Å². The van der Waals surface area contributed by atoms with Gasteiger partial charge in [0.15, 0.2) is 11.5 Å². The molecule has 0 spiro atoms. The van der Waals surface area contributed by atoms with Crippen LogP contribution in [-0.4, -0.2) is 49.6 Å². The number of halogens is 2. The molecule has 3 rings (SSSR count). The highest BCUT2D eigenvalue weighted by molar-refractivity contribution is 9.10. The summed E-state index contributed by atoms with van der Waals surface area (Å²) < 4.78 is 32.5. The molecule has 1 aliphatic rings. The van der Waals surface area contributed by atoms with Gasteiger partial charge in [0.1, 0.15) is 6.04 Å². The number of nitrogens with zero attached hydrogens (tertiary/aromatic N) is 2. The number of phenols is 1. The predicted octanol–water partition coefficient (Wildman–Crippen LogP) is 3.12. The van der Waals surface area contributed by atoms with Gasteiger partial charge in [-0.3, -0.25) is 4.79 Å². The first-order chi connectivity index (χ1) is 14.2. The molecule has 1 amide bonds. The van der Waals surface area contributed by atoms with Gasteiger partial charge in [0, 0.05) is 11.6 Å². The number of methoxy groups -OCH3 is 1. The van der Waals surface area contributed by atoms with Gasteiger partial charge in [-0.15, -0.1) is 0 Å². The van der Waals surface area contributed by atoms with Crippen molar-refractivity contribution >= 4 is 49.7 Å². The molecule has 0 unspecified atom stereocenters. The minimum atomic E-state index is -3.83. The highest BCUT2D eigenvalue weighted by atomic mass is 79.9. The van der Waals surface area contributed by atoms with E-state index in [1.165, 1.54) is 41.9 Å². The lowest BCUT2D eigenvalue weighted by molar-refractivity contribution is -0.124. The average Bonchev–Trinajstić information content (AvgIpc) is 3.21. The van der Waals surface area contributed by atoms with E-state index in [0.717, 1.165) is 0 Å². The van der Waals surface area contributed by atoms with E-state index in [-0.39, 0.29) is 22.9 Å². The van der Waals surface area contributed by atoms with Crippen LogP contribution in [0.25, 0.3) is 0 Å². The Hall–Kier alpha value is -2.14. The Morgan fingerprint density at radius 3 is 2.73 bits per heavy atom. The van der Waals surface area contributed by atoms with Crippen LogP contribution in [0.15, 0.2) is 50.9 Å². The van der Waals surface area contributed by atoms with E-state index in [0.29, 0.717) is 27.9 Å². The number of ether oxygens (including phenoxy) is 1. The van der Waals surface area contributed by atoms with Crippen molar-refractivity contribution in [2.24, 2.45) is 5.10 Å². The minimum Gasteiger partial charge on any atom is -0.503 e. The molecule has 0 aliphatic carbocycles. The van der Waals surface area contributed by atoms with E-state index in [1.807, 2.05) is 0 Å². The van der Waals surface area contributed by atoms with Gasteiger partial charge in [-0.1, -0.05) is 11.6 Å². The van der Waals surface area contributed by atoms with Crippen LogP contribution in [0, 0.1) is 0 Å². The van der Waals surface area contributed by atoms with Gasteiger partial charge >= 0.3 is 0 Å². The van der Waals surface area contributed by atoms with Crippen LogP contribution >= 0.6 is 27.5 Å². The van der Waals surface area contributed by atoms with Crippen molar-refractivity contribution in [3.05, 3.63) is 51.5 Å². The second-order valence-corrected chi connectivity index (χ2v) is 9.70. The van der Waals surface area contributed by atoms with Crippen molar-refractivity contribution in [1.29, 1.82) is 0 Å². The number of rotatable bonds is 6. The Kier molecular flexibility index (Phi) is 7.02. The molecule has 0 radical (unpaired) electrons. The molecule has 0 aromatic heterocycles. The van der Waals surface area contributed by atoms with Gasteiger partial charge in [0.2, 0.25) is 10.0 Å². The zero-order valence-electron chi connectivity index (χ0n) is 15.9. The van der Waals surface area contributed by atoms with Gasteiger partial charge in [-0.25, -0.2) is 13.8 Å². The number of amides is 1. The molecule has 8 nitrogen and oxygen atoms in total. The van der Waals surface area contributed by atoms with Crippen molar-refractivity contribution in [1.82, 2.24) is 9.73 Å². The molecule has 30 heavy (non-hydrogen) atoms. The van der Waals surface area contributed by atoms with Crippen LogP contribution in [0.5, 0.6) is 11.5 Å². The summed E-state index contributed by atoms with van der Waals surface area (Å²) in [6, 6.07) is 8.10. The maximum absolute atomic E-state index is 12.9. The summed E-state index contributed by atoms with van der Waals surface area (Å²) in [5.74, 6) is -0.327. The highest BCUT2D eigenvalue weighted by Crippen LogP contribution is 2.34. The maximum Gasteiger partial charge on any atom is 0.258 e. The first-order valence-electron chi connectivity index (χ1n) is 8.91. The number of hydrogen-bond acceptors (Lipinski definition) is 6. The third-order valence-corrected chi connectivity index (χ3v) is 7.36. The van der Waals surface area contributed by atoms with Gasteiger partial charge in [-0.05, 0) is 70.7 Å². The third-order valence-electron chi connectivity index (χ3n) is 4.59. The monoisotopic (exact) mass is 515 g/mol. The van der Waals surface area contributed by atoms with Crippen LogP contribution in [0.3, 0.4) is 0 Å². The first kappa shape index (κ1) is 22.5. The van der Waals surface area contributed by atoms with E-state index >= 15 is 0 Å². The van der Waals surface area contributed by atoms with Crippen LogP contribution < -0.4 is 10.2 Å². The number of aromatic hydroxyl groups is 1. The number of hydrazone groups is 1. The number of nitrogens with one attached hydrogen (secondary N) is 1. The maximum atomic E-state index is 12.9. The molecule has 2 aromatic carbocycles. The number of benzene rings is 2. The van der Waals surface area contributed by atoms with E-state index in [2.05, 4.69) is 26.5 Å². The smallest absolute Gasteiger partial charge is 0.258 e. The van der Waals surface area contributed by atoms with Crippen molar-refractivity contribution in [3.8, 4) is 11.5 Å². The summed E-state index contributed by atoms with van der Waals surface area (Å²) in [6.45, 7) is 0.245. The van der Waals surface area contributed by atoms with Crippen LogP contribution in [0.1, 0.15) is 18.4 Å². The lowest BCUT2D eigenvalue weighted by Crippen LogP contribution is -2.44. The lowest BCUT2D eigenvalue weighted by atomic mass is 10.2. The number of sulfonamides is 1. The molecule has 0 saturated carbocycles. The molecule has 1 heterocycles. The zero-order chi connectivity index (χ0) is 21.9. The van der Waals surface area contributed by atoms with Gasteiger partial charge in [-0.2, -0.15) is 9.41 Å². The van der Waals surface area contributed by atoms with Crippen LogP contribution in [-0.2, 0) is 14.8 Å². The Balaban J connectivity index is 1.73. The van der Waals surface area contributed by atoms with Crippen molar-refractivity contribution in [2.45, 2.75) is 23.8 Å². The molecule has 1 saturated heterocycles. The fourth-order valence-electron chi connectivity index (χ4n) is 3.10. The quantitative estimate of drug-likeness (QED) is 0.453. The Labute approximate surface area is 187 Å². The Morgan fingerprint density at radius 2 is 2.07 bits per heavy atom. The van der Waals surface area contributed by atoms with Crippen LogP contribution in [0.4, 0.5) is 0 Å². The van der Waals surface area contributed by atoms with E-state index < -0.39 is 22.0 Å². The summed E-state index contributed by atoms with van der Waals surface area (Å²) in [5, 5.41) is 14.2. The lowest BCUT2D eigenvalue weighted by Gasteiger charge is -2.22. The average molecular weight is 517 g/mol. The topological polar surface area (TPSA) is 108 Å². The first-order valence-corrected chi connectivity index (χ1v) is 11.5. The summed E-state index contributed by atoms with van der Waals surface area (Å²) >= 11 is 9.04. The largest absolute Gasteiger partial charge is 0.503 e. The standard InChI is InChI=1S/C19H19BrClN3O5S/c1-29-17-10-12(9-15(20)18(17)25)11-22-23-19(26)16-3-2-8-24(16)30(27,28)14-6-4-13(21)5-7-14/h4-7,9-11,16,25H,2-3,8H2,1H3,(H,23,26)/b22-11+/t16-/m0/s1. The minimum absolute atomic E-state index is 0.0484. The van der Waals surface area contributed by atoms with Crippen LogP contribution in [0.2, 0.25) is 5.02 Å². The SMILES string of the molecule is COc1cc(/C=N/NC(=O)[C@@H]2CCCN2S(=O)(=O)c2ccc(Cl)cc2)cc(Br)c1O. The Bertz CT molecular complexity index is 1080. The third kappa shape index (κ3) is 4.77. The molecule has 1 atom stereocenters. The summed E-state index contributed by atoms with van der Waals surface area (Å²) in [4.78, 5) is 12.7. The number of hydrogen-bond donors (Lipinski definition) is 2. The normalized spacial score (nSPS) is 17.4. The summed E-state index contributed by atoms with van der Waals surface area (Å²) in [7, 11) is -2.42. The molecule has 2 aromatic rings. The van der Waals surface area contributed by atoms with Crippen molar-refractivity contribution in [3.63, 3.8) is 0 Å². The molecule has 1 fully saturated rings. The van der Waals surface area contributed by atoms with Gasteiger partial charge in [0.05, 0.1) is 22.7 Å². The number of phenolic OH excluding ortho intramolecular Hbond substituents is 1.